The van der Waals surface area contributed by atoms with Crippen LogP contribution in [-0.2, 0) is 0 Å². The second-order valence-electron chi connectivity index (χ2n) is 4.21. The average Bonchev–Trinajstić information content (AvgIpc) is 2.04. The molecule has 2 fully saturated rings. The van der Waals surface area contributed by atoms with Crippen LogP contribution in [0.4, 0.5) is 0 Å². The molecule has 64 valence electrons. The SMILES string of the molecule is IC1CCC2CCCCC2C1. The third-order valence-electron chi connectivity index (χ3n) is 3.48. The van der Waals surface area contributed by atoms with Crippen molar-refractivity contribution in [3.05, 3.63) is 0 Å². The standard InChI is InChI=1S/C10H17I/c11-10-6-5-8-3-1-2-4-9(8)7-10/h8-10H,1-7H2. The molecule has 3 unspecified atom stereocenters. The summed E-state index contributed by atoms with van der Waals surface area (Å²) in [4.78, 5) is 0. The largest absolute Gasteiger partial charge is 0.0826 e. The fraction of sp³-hybridized carbons (Fsp3) is 1.00. The molecule has 0 aromatic heterocycles. The van der Waals surface area contributed by atoms with Crippen molar-refractivity contribution in [3.63, 3.8) is 0 Å². The highest BCUT2D eigenvalue weighted by atomic mass is 127. The lowest BCUT2D eigenvalue weighted by Gasteiger charge is -2.37. The molecule has 0 spiro atoms. The normalized spacial score (nSPS) is 45.0. The van der Waals surface area contributed by atoms with E-state index in [9.17, 15) is 0 Å². The summed E-state index contributed by atoms with van der Waals surface area (Å²) < 4.78 is 1.01. The molecule has 1 heteroatoms. The van der Waals surface area contributed by atoms with Gasteiger partial charge in [0.25, 0.3) is 0 Å². The summed E-state index contributed by atoms with van der Waals surface area (Å²) in [6.45, 7) is 0. The number of hydrogen-bond acceptors (Lipinski definition) is 0. The molecule has 0 aromatic carbocycles. The van der Waals surface area contributed by atoms with Crippen LogP contribution in [0.3, 0.4) is 0 Å². The van der Waals surface area contributed by atoms with Crippen molar-refractivity contribution in [2.75, 3.05) is 0 Å². The van der Waals surface area contributed by atoms with Gasteiger partial charge >= 0.3 is 0 Å². The minimum Gasteiger partial charge on any atom is -0.0826 e. The molecule has 0 heterocycles. The van der Waals surface area contributed by atoms with Crippen molar-refractivity contribution in [1.29, 1.82) is 0 Å². The predicted octanol–water partition coefficient (Wildman–Crippen LogP) is 3.78. The molecular weight excluding hydrogens is 247 g/mol. The molecule has 3 atom stereocenters. The van der Waals surface area contributed by atoms with Gasteiger partial charge in [-0.2, -0.15) is 0 Å². The van der Waals surface area contributed by atoms with Crippen LogP contribution in [0, 0.1) is 11.8 Å². The number of fused-ring (bicyclic) bond motifs is 1. The van der Waals surface area contributed by atoms with Gasteiger partial charge < -0.3 is 0 Å². The number of rotatable bonds is 0. The lowest BCUT2D eigenvalue weighted by molar-refractivity contribution is 0.178. The van der Waals surface area contributed by atoms with Gasteiger partial charge in [-0.25, -0.2) is 0 Å². The zero-order valence-electron chi connectivity index (χ0n) is 7.06. The zero-order valence-corrected chi connectivity index (χ0v) is 9.22. The summed E-state index contributed by atoms with van der Waals surface area (Å²) in [5.74, 6) is 2.26. The monoisotopic (exact) mass is 264 g/mol. The first-order chi connectivity index (χ1) is 5.36. The Morgan fingerprint density at radius 2 is 1.55 bits per heavy atom. The lowest BCUT2D eigenvalue weighted by atomic mass is 9.71. The first kappa shape index (κ1) is 8.33. The lowest BCUT2D eigenvalue weighted by Crippen LogP contribution is -2.27. The van der Waals surface area contributed by atoms with Crippen LogP contribution in [0.5, 0.6) is 0 Å². The van der Waals surface area contributed by atoms with E-state index in [4.69, 9.17) is 0 Å². The Bertz CT molecular complexity index is 133. The highest BCUT2D eigenvalue weighted by Crippen LogP contribution is 2.42. The van der Waals surface area contributed by atoms with E-state index in [2.05, 4.69) is 22.6 Å². The molecule has 11 heavy (non-hydrogen) atoms. The molecule has 0 radical (unpaired) electrons. The number of alkyl halides is 1. The van der Waals surface area contributed by atoms with Crippen molar-refractivity contribution in [3.8, 4) is 0 Å². The Morgan fingerprint density at radius 1 is 0.818 bits per heavy atom. The van der Waals surface area contributed by atoms with Gasteiger partial charge in [-0.05, 0) is 31.1 Å². The van der Waals surface area contributed by atoms with Crippen LogP contribution in [0.25, 0.3) is 0 Å². The maximum absolute atomic E-state index is 2.65. The van der Waals surface area contributed by atoms with Gasteiger partial charge in [0.05, 0.1) is 0 Å². The smallest absolute Gasteiger partial charge is 0.0112 e. The Hall–Kier alpha value is 0.730. The maximum atomic E-state index is 2.65. The summed E-state index contributed by atoms with van der Waals surface area (Å²) >= 11 is 2.65. The van der Waals surface area contributed by atoms with Gasteiger partial charge in [-0.3, -0.25) is 0 Å². The highest BCUT2D eigenvalue weighted by Gasteiger charge is 2.30. The fourth-order valence-corrected chi connectivity index (χ4v) is 3.83. The molecule has 2 saturated carbocycles. The molecule has 0 amide bonds. The number of hydrogen-bond donors (Lipinski definition) is 0. The number of halogens is 1. The van der Waals surface area contributed by atoms with E-state index < -0.39 is 0 Å². The van der Waals surface area contributed by atoms with Gasteiger partial charge in [0.2, 0.25) is 0 Å². The van der Waals surface area contributed by atoms with Crippen LogP contribution in [0.1, 0.15) is 44.9 Å². The Labute approximate surface area is 83.3 Å². The quantitative estimate of drug-likeness (QED) is 0.461. The Balaban J connectivity index is 1.93. The molecule has 2 aliphatic rings. The van der Waals surface area contributed by atoms with E-state index in [1.165, 1.54) is 32.1 Å². The van der Waals surface area contributed by atoms with E-state index in [-0.39, 0.29) is 0 Å². The fourth-order valence-electron chi connectivity index (χ4n) is 2.82. The van der Waals surface area contributed by atoms with Gasteiger partial charge in [0, 0.05) is 3.92 Å². The van der Waals surface area contributed by atoms with Crippen molar-refractivity contribution in [2.45, 2.75) is 48.9 Å². The summed E-state index contributed by atoms with van der Waals surface area (Å²) in [6, 6.07) is 0. The molecular formula is C10H17I. The van der Waals surface area contributed by atoms with Crippen LogP contribution in [-0.4, -0.2) is 3.92 Å². The van der Waals surface area contributed by atoms with Gasteiger partial charge in [0.1, 0.15) is 0 Å². The molecule has 0 N–H and O–H groups in total. The Kier molecular flexibility index (Phi) is 2.75. The van der Waals surface area contributed by atoms with Gasteiger partial charge in [0.15, 0.2) is 0 Å². The minimum atomic E-state index is 1.01. The third-order valence-corrected chi connectivity index (χ3v) is 4.61. The first-order valence-electron chi connectivity index (χ1n) is 5.00. The first-order valence-corrected chi connectivity index (χ1v) is 6.25. The van der Waals surface area contributed by atoms with Gasteiger partial charge in [-0.1, -0.05) is 48.3 Å². The van der Waals surface area contributed by atoms with Crippen LogP contribution in [0.15, 0.2) is 0 Å². The van der Waals surface area contributed by atoms with E-state index >= 15 is 0 Å². The maximum Gasteiger partial charge on any atom is 0.0112 e. The van der Waals surface area contributed by atoms with Crippen molar-refractivity contribution >= 4 is 22.6 Å². The zero-order chi connectivity index (χ0) is 7.68. The molecule has 0 bridgehead atoms. The second-order valence-corrected chi connectivity index (χ2v) is 5.98. The molecule has 0 aromatic rings. The van der Waals surface area contributed by atoms with Crippen LogP contribution in [0.2, 0.25) is 0 Å². The Morgan fingerprint density at radius 3 is 2.36 bits per heavy atom. The van der Waals surface area contributed by atoms with Crippen molar-refractivity contribution in [1.82, 2.24) is 0 Å². The molecule has 2 aliphatic carbocycles. The molecule has 2 rings (SSSR count). The second kappa shape index (κ2) is 3.63. The van der Waals surface area contributed by atoms with Crippen molar-refractivity contribution in [2.24, 2.45) is 11.8 Å². The minimum absolute atomic E-state index is 1.01. The van der Waals surface area contributed by atoms with E-state index in [1.807, 2.05) is 0 Å². The van der Waals surface area contributed by atoms with E-state index in [0.29, 0.717) is 0 Å². The van der Waals surface area contributed by atoms with Crippen LogP contribution < -0.4 is 0 Å². The highest BCUT2D eigenvalue weighted by molar-refractivity contribution is 14.1. The predicted molar refractivity (Wildman–Crippen MR) is 57.1 cm³/mol. The van der Waals surface area contributed by atoms with Crippen molar-refractivity contribution < 1.29 is 0 Å². The summed E-state index contributed by atoms with van der Waals surface area (Å²) in [5.41, 5.74) is 0. The average molecular weight is 264 g/mol. The van der Waals surface area contributed by atoms with E-state index in [1.54, 1.807) is 12.8 Å². The van der Waals surface area contributed by atoms with Crippen LogP contribution >= 0.6 is 22.6 Å². The third kappa shape index (κ3) is 1.90. The topological polar surface area (TPSA) is 0 Å². The van der Waals surface area contributed by atoms with E-state index in [0.717, 1.165) is 15.8 Å². The molecule has 0 aliphatic heterocycles. The molecule has 0 saturated heterocycles. The summed E-state index contributed by atoms with van der Waals surface area (Å²) in [6.07, 6.45) is 10.7. The summed E-state index contributed by atoms with van der Waals surface area (Å²) in [5, 5.41) is 0. The molecule has 0 nitrogen and oxygen atoms in total. The van der Waals surface area contributed by atoms with Gasteiger partial charge in [-0.15, -0.1) is 0 Å². The summed E-state index contributed by atoms with van der Waals surface area (Å²) in [7, 11) is 0.